The van der Waals surface area contributed by atoms with E-state index < -0.39 is 11.7 Å². The van der Waals surface area contributed by atoms with E-state index in [0.29, 0.717) is 32.0 Å². The van der Waals surface area contributed by atoms with Crippen molar-refractivity contribution in [2.24, 2.45) is 11.8 Å². The molecule has 2 aliphatic heterocycles. The molecule has 0 aliphatic carbocycles. The van der Waals surface area contributed by atoms with Gasteiger partial charge in [0.15, 0.2) is 12.6 Å². The highest BCUT2D eigenvalue weighted by Gasteiger charge is 2.33. The zero-order valence-corrected chi connectivity index (χ0v) is 16.2. The minimum atomic E-state index is -4.30. The van der Waals surface area contributed by atoms with E-state index in [9.17, 15) is 13.2 Å². The largest absolute Gasteiger partial charge is 0.416 e. The summed E-state index contributed by atoms with van der Waals surface area (Å²) in [5, 5.41) is 0. The molecule has 0 saturated carbocycles. The third-order valence-corrected chi connectivity index (χ3v) is 5.29. The van der Waals surface area contributed by atoms with Crippen LogP contribution in [0, 0.1) is 11.8 Å². The van der Waals surface area contributed by atoms with E-state index in [1.54, 1.807) is 0 Å². The molecule has 0 spiro atoms. The molecule has 2 fully saturated rings. The van der Waals surface area contributed by atoms with Gasteiger partial charge in [0.2, 0.25) is 0 Å². The van der Waals surface area contributed by atoms with Crippen molar-refractivity contribution < 1.29 is 32.1 Å². The Morgan fingerprint density at radius 1 is 0.893 bits per heavy atom. The van der Waals surface area contributed by atoms with Crippen molar-refractivity contribution in [3.05, 3.63) is 35.4 Å². The summed E-state index contributed by atoms with van der Waals surface area (Å²) in [6.07, 6.45) is -0.230. The Hall–Kier alpha value is -1.15. The molecule has 0 amide bonds. The molecule has 3 rings (SSSR count). The molecule has 1 aromatic carbocycles. The first kappa shape index (κ1) is 21.6. The van der Waals surface area contributed by atoms with Gasteiger partial charge in [-0.25, -0.2) is 0 Å². The Bertz CT molecular complexity index is 574. The first-order valence-electron chi connectivity index (χ1n) is 10.1. The monoisotopic (exact) mass is 402 g/mol. The lowest BCUT2D eigenvalue weighted by molar-refractivity contribution is -0.281. The van der Waals surface area contributed by atoms with Gasteiger partial charge < -0.3 is 18.9 Å². The lowest BCUT2D eigenvalue weighted by Crippen LogP contribution is -2.44. The average Bonchev–Trinajstić information content (AvgIpc) is 2.71. The van der Waals surface area contributed by atoms with Crippen molar-refractivity contribution in [1.82, 2.24) is 0 Å². The predicted octanol–water partition coefficient (Wildman–Crippen LogP) is 4.81. The van der Waals surface area contributed by atoms with Crippen LogP contribution >= 0.6 is 0 Å². The van der Waals surface area contributed by atoms with Gasteiger partial charge in [0.1, 0.15) is 0 Å². The van der Waals surface area contributed by atoms with Gasteiger partial charge >= 0.3 is 6.18 Å². The Labute approximate surface area is 164 Å². The molecule has 0 unspecified atom stereocenters. The molecular formula is C21H29F3O4. The quantitative estimate of drug-likeness (QED) is 0.656. The summed E-state index contributed by atoms with van der Waals surface area (Å²) in [4.78, 5) is 0. The van der Waals surface area contributed by atoms with Crippen molar-refractivity contribution in [1.29, 1.82) is 0 Å². The van der Waals surface area contributed by atoms with E-state index in [0.717, 1.165) is 37.3 Å². The molecule has 0 atom stereocenters. The summed E-state index contributed by atoms with van der Waals surface area (Å²) >= 11 is 0. The van der Waals surface area contributed by atoms with Crippen molar-refractivity contribution in [2.75, 3.05) is 26.4 Å². The SMILES string of the molecule is CCCC[C@H]1CO[C@H]([C@H]2CO[C@H](CCc3ccc(C(F)(F)F)cc3)OC2)OC1. The van der Waals surface area contributed by atoms with E-state index in [1.165, 1.54) is 25.0 Å². The van der Waals surface area contributed by atoms with E-state index in [-0.39, 0.29) is 18.5 Å². The fourth-order valence-electron chi connectivity index (χ4n) is 3.52. The number of aryl methyl sites for hydroxylation is 1. The normalized spacial score (nSPS) is 29.0. The van der Waals surface area contributed by atoms with Gasteiger partial charge in [-0.05, 0) is 30.5 Å². The molecule has 0 N–H and O–H groups in total. The smallest absolute Gasteiger partial charge is 0.352 e. The molecule has 2 heterocycles. The van der Waals surface area contributed by atoms with Crippen molar-refractivity contribution in [3.8, 4) is 0 Å². The van der Waals surface area contributed by atoms with Crippen LogP contribution in [0.1, 0.15) is 43.7 Å². The van der Waals surface area contributed by atoms with E-state index in [4.69, 9.17) is 18.9 Å². The maximum absolute atomic E-state index is 12.6. The molecule has 4 nitrogen and oxygen atoms in total. The molecular weight excluding hydrogens is 373 g/mol. The third kappa shape index (κ3) is 6.17. The van der Waals surface area contributed by atoms with Crippen LogP contribution in [-0.4, -0.2) is 39.0 Å². The summed E-state index contributed by atoms with van der Waals surface area (Å²) < 4.78 is 61.1. The van der Waals surface area contributed by atoms with Crippen molar-refractivity contribution in [3.63, 3.8) is 0 Å². The number of benzene rings is 1. The maximum atomic E-state index is 12.6. The van der Waals surface area contributed by atoms with Crippen molar-refractivity contribution in [2.45, 2.75) is 57.8 Å². The topological polar surface area (TPSA) is 36.9 Å². The van der Waals surface area contributed by atoms with Gasteiger partial charge in [-0.15, -0.1) is 0 Å². The number of alkyl halides is 3. The van der Waals surface area contributed by atoms with Crippen LogP contribution in [0.15, 0.2) is 24.3 Å². The molecule has 0 aromatic heterocycles. The van der Waals surface area contributed by atoms with Gasteiger partial charge in [-0.2, -0.15) is 13.2 Å². The number of halogens is 3. The fraction of sp³-hybridized carbons (Fsp3) is 0.714. The highest BCUT2D eigenvalue weighted by atomic mass is 19.4. The zero-order chi connectivity index (χ0) is 20.0. The molecule has 7 heteroatoms. The van der Waals surface area contributed by atoms with Crippen LogP contribution in [0.5, 0.6) is 0 Å². The van der Waals surface area contributed by atoms with Crippen molar-refractivity contribution >= 4 is 0 Å². The second-order valence-corrected chi connectivity index (χ2v) is 7.63. The highest BCUT2D eigenvalue weighted by molar-refractivity contribution is 5.24. The van der Waals surface area contributed by atoms with Crippen LogP contribution in [0.3, 0.4) is 0 Å². The Morgan fingerprint density at radius 2 is 1.54 bits per heavy atom. The Balaban J connectivity index is 1.35. The predicted molar refractivity (Wildman–Crippen MR) is 97.7 cm³/mol. The highest BCUT2D eigenvalue weighted by Crippen LogP contribution is 2.30. The average molecular weight is 402 g/mol. The summed E-state index contributed by atoms with van der Waals surface area (Å²) in [5.74, 6) is 0.521. The number of ether oxygens (including phenoxy) is 4. The van der Waals surface area contributed by atoms with E-state index in [1.807, 2.05) is 0 Å². The van der Waals surface area contributed by atoms with Gasteiger partial charge in [0, 0.05) is 12.3 Å². The lowest BCUT2D eigenvalue weighted by Gasteiger charge is -2.37. The lowest BCUT2D eigenvalue weighted by atomic mass is 10.0. The van der Waals surface area contributed by atoms with Crippen LogP contribution in [-0.2, 0) is 31.5 Å². The Kier molecular flexibility index (Phi) is 7.74. The first-order chi connectivity index (χ1) is 13.5. The zero-order valence-electron chi connectivity index (χ0n) is 16.2. The second kappa shape index (κ2) is 10.1. The molecule has 2 aliphatic rings. The standard InChI is InChI=1S/C21H29F3O4/c1-2-3-4-16-11-27-20(28-12-16)17-13-25-19(26-14-17)10-7-15-5-8-18(9-6-15)21(22,23)24/h5-6,8-9,16-17,19-20H,2-4,7,10-14H2,1H3/t16-,17-,19-,20-. The second-order valence-electron chi connectivity index (χ2n) is 7.63. The van der Waals surface area contributed by atoms with Crippen LogP contribution in [0.2, 0.25) is 0 Å². The van der Waals surface area contributed by atoms with E-state index >= 15 is 0 Å². The molecule has 1 aromatic rings. The van der Waals surface area contributed by atoms with Gasteiger partial charge in [-0.1, -0.05) is 31.9 Å². The minimum Gasteiger partial charge on any atom is -0.352 e. The summed E-state index contributed by atoms with van der Waals surface area (Å²) in [7, 11) is 0. The number of unbranched alkanes of at least 4 members (excludes halogenated alkanes) is 1. The Morgan fingerprint density at radius 3 is 2.11 bits per heavy atom. The molecule has 28 heavy (non-hydrogen) atoms. The first-order valence-corrected chi connectivity index (χ1v) is 10.1. The molecule has 2 saturated heterocycles. The van der Waals surface area contributed by atoms with Gasteiger partial charge in [0.05, 0.1) is 37.9 Å². The van der Waals surface area contributed by atoms with Crippen LogP contribution in [0.4, 0.5) is 13.2 Å². The van der Waals surface area contributed by atoms with Crippen LogP contribution < -0.4 is 0 Å². The molecule has 158 valence electrons. The van der Waals surface area contributed by atoms with E-state index in [2.05, 4.69) is 6.92 Å². The minimum absolute atomic E-state index is 0.0504. The summed E-state index contributed by atoms with van der Waals surface area (Å²) in [6.45, 7) is 4.62. The summed E-state index contributed by atoms with van der Waals surface area (Å²) in [5.41, 5.74) is 0.202. The maximum Gasteiger partial charge on any atom is 0.416 e. The van der Waals surface area contributed by atoms with Gasteiger partial charge in [0.25, 0.3) is 0 Å². The van der Waals surface area contributed by atoms with Gasteiger partial charge in [-0.3, -0.25) is 0 Å². The fourth-order valence-corrected chi connectivity index (χ4v) is 3.52. The number of rotatable bonds is 7. The van der Waals surface area contributed by atoms with Crippen LogP contribution in [0.25, 0.3) is 0 Å². The number of hydrogen-bond acceptors (Lipinski definition) is 4. The molecule has 0 radical (unpaired) electrons. The number of hydrogen-bond donors (Lipinski definition) is 0. The molecule has 0 bridgehead atoms. The summed E-state index contributed by atoms with van der Waals surface area (Å²) in [6, 6.07) is 5.24. The third-order valence-electron chi connectivity index (χ3n) is 5.29.